The van der Waals surface area contributed by atoms with Gasteiger partial charge in [-0.1, -0.05) is 24.3 Å². The molecule has 1 aliphatic carbocycles. The van der Waals surface area contributed by atoms with Gasteiger partial charge in [0.2, 0.25) is 5.95 Å². The van der Waals surface area contributed by atoms with E-state index in [1.807, 2.05) is 18.3 Å². The summed E-state index contributed by atoms with van der Waals surface area (Å²) >= 11 is 0. The van der Waals surface area contributed by atoms with E-state index in [-0.39, 0.29) is 5.56 Å². The number of anilines is 1. The third-order valence-corrected chi connectivity index (χ3v) is 5.23. The van der Waals surface area contributed by atoms with Crippen LogP contribution in [0.1, 0.15) is 40.9 Å². The number of fused-ring (bicyclic) bond motifs is 1. The van der Waals surface area contributed by atoms with E-state index in [0.717, 1.165) is 25.1 Å². The maximum atomic E-state index is 12.0. The van der Waals surface area contributed by atoms with Gasteiger partial charge in [0.15, 0.2) is 0 Å². The van der Waals surface area contributed by atoms with Gasteiger partial charge < -0.3 is 5.32 Å². The Kier molecular flexibility index (Phi) is 5.05. The first-order chi connectivity index (χ1) is 13.2. The van der Waals surface area contributed by atoms with Crippen LogP contribution in [0, 0.1) is 6.92 Å². The molecule has 0 radical (unpaired) electrons. The fourth-order valence-electron chi connectivity index (χ4n) is 3.68. The van der Waals surface area contributed by atoms with E-state index < -0.39 is 0 Å². The number of rotatable bonds is 6. The molecule has 0 fully saturated rings. The van der Waals surface area contributed by atoms with Crippen LogP contribution < -0.4 is 10.9 Å². The summed E-state index contributed by atoms with van der Waals surface area (Å²) < 4.78 is 2.08. The molecule has 1 aliphatic rings. The molecule has 140 valence electrons. The van der Waals surface area contributed by atoms with Crippen molar-refractivity contribution in [3.05, 3.63) is 75.0 Å². The molecule has 4 rings (SSSR count). The summed E-state index contributed by atoms with van der Waals surface area (Å²) in [5.41, 5.74) is 5.78. The van der Waals surface area contributed by atoms with Crippen molar-refractivity contribution < 1.29 is 0 Å². The molecule has 0 saturated heterocycles. The zero-order valence-electron chi connectivity index (χ0n) is 15.7. The van der Waals surface area contributed by atoms with Crippen LogP contribution in [0.15, 0.2) is 41.3 Å². The quantitative estimate of drug-likeness (QED) is 0.706. The number of aromatic nitrogens is 4. The van der Waals surface area contributed by atoms with E-state index >= 15 is 0 Å². The van der Waals surface area contributed by atoms with E-state index in [2.05, 4.69) is 44.1 Å². The number of nitrogens with one attached hydrogen (secondary N) is 2. The maximum absolute atomic E-state index is 12.0. The van der Waals surface area contributed by atoms with Gasteiger partial charge in [0, 0.05) is 31.3 Å². The summed E-state index contributed by atoms with van der Waals surface area (Å²) in [7, 11) is 0. The second kappa shape index (κ2) is 7.78. The molecule has 0 bridgehead atoms. The lowest BCUT2D eigenvalue weighted by Gasteiger charge is -2.14. The predicted octanol–water partition coefficient (Wildman–Crippen LogP) is 3.01. The van der Waals surface area contributed by atoms with Gasteiger partial charge in [-0.2, -0.15) is 5.10 Å². The molecule has 0 spiro atoms. The number of hydrogen-bond donors (Lipinski definition) is 2. The summed E-state index contributed by atoms with van der Waals surface area (Å²) in [6, 6.07) is 9.77. The fourth-order valence-corrected chi connectivity index (χ4v) is 3.68. The number of hydrogen-bond acceptors (Lipinski definition) is 4. The van der Waals surface area contributed by atoms with Gasteiger partial charge in [-0.15, -0.1) is 0 Å². The lowest BCUT2D eigenvalue weighted by Crippen LogP contribution is -2.16. The van der Waals surface area contributed by atoms with Gasteiger partial charge in [-0.25, -0.2) is 4.98 Å². The average molecular weight is 363 g/mol. The first-order valence-corrected chi connectivity index (χ1v) is 9.61. The molecule has 2 aromatic heterocycles. The van der Waals surface area contributed by atoms with Crippen LogP contribution in [-0.2, 0) is 32.4 Å². The molecule has 0 amide bonds. The molecule has 6 nitrogen and oxygen atoms in total. The Hall–Kier alpha value is -2.89. The molecular formula is C21H25N5O. The lowest BCUT2D eigenvalue weighted by molar-refractivity contribution is 0.553. The fraction of sp³-hybridized carbons (Fsp3) is 0.381. The summed E-state index contributed by atoms with van der Waals surface area (Å²) in [6.07, 6.45) is 7.40. The van der Waals surface area contributed by atoms with Gasteiger partial charge in [-0.05, 0) is 49.3 Å². The van der Waals surface area contributed by atoms with Crippen LogP contribution in [0.2, 0.25) is 0 Å². The van der Waals surface area contributed by atoms with Gasteiger partial charge in [0.1, 0.15) is 0 Å². The summed E-state index contributed by atoms with van der Waals surface area (Å²) in [5, 5.41) is 7.77. The van der Waals surface area contributed by atoms with Crippen LogP contribution in [0.5, 0.6) is 0 Å². The average Bonchev–Trinajstić information content (AvgIpc) is 3.09. The van der Waals surface area contributed by atoms with Crippen LogP contribution in [0.25, 0.3) is 0 Å². The molecule has 2 heterocycles. The normalized spacial score (nSPS) is 13.4. The maximum Gasteiger partial charge on any atom is 0.252 e. The second-order valence-electron chi connectivity index (χ2n) is 7.16. The first-order valence-electron chi connectivity index (χ1n) is 9.61. The molecule has 1 aromatic carbocycles. The third kappa shape index (κ3) is 4.10. The van der Waals surface area contributed by atoms with Crippen molar-refractivity contribution >= 4 is 5.95 Å². The largest absolute Gasteiger partial charge is 0.352 e. The zero-order valence-corrected chi connectivity index (χ0v) is 15.7. The summed E-state index contributed by atoms with van der Waals surface area (Å²) in [6.45, 7) is 3.46. The van der Waals surface area contributed by atoms with Gasteiger partial charge >= 0.3 is 0 Å². The van der Waals surface area contributed by atoms with Crippen LogP contribution in [-0.4, -0.2) is 19.7 Å². The minimum absolute atomic E-state index is 0.130. The molecular weight excluding hydrogens is 338 g/mol. The van der Waals surface area contributed by atoms with Crippen LogP contribution >= 0.6 is 0 Å². The monoisotopic (exact) mass is 363 g/mol. The van der Waals surface area contributed by atoms with Crippen molar-refractivity contribution in [3.63, 3.8) is 0 Å². The Bertz CT molecular complexity index is 988. The number of aryl methyl sites for hydroxylation is 4. The molecule has 3 aromatic rings. The Labute approximate surface area is 158 Å². The highest BCUT2D eigenvalue weighted by molar-refractivity contribution is 5.32. The predicted molar refractivity (Wildman–Crippen MR) is 106 cm³/mol. The van der Waals surface area contributed by atoms with Gasteiger partial charge in [-0.3, -0.25) is 14.5 Å². The molecule has 0 aliphatic heterocycles. The van der Waals surface area contributed by atoms with Crippen molar-refractivity contribution in [2.24, 2.45) is 0 Å². The van der Waals surface area contributed by atoms with Crippen LogP contribution in [0.3, 0.4) is 0 Å². The van der Waals surface area contributed by atoms with Crippen molar-refractivity contribution in [1.82, 2.24) is 19.7 Å². The third-order valence-electron chi connectivity index (χ3n) is 5.23. The molecule has 0 saturated carbocycles. The standard InChI is InChI=1S/C21H25N5O/c1-15-6-2-3-7-16(15)13-22-21-24-18(12-20(27)25-21)10-11-26-19-9-5-4-8-17(19)14-23-26/h2-3,6-7,12,14H,4-5,8-11,13H2,1H3,(H2,22,24,25,27). The Morgan fingerprint density at radius 1 is 1.22 bits per heavy atom. The van der Waals surface area contributed by atoms with Gasteiger partial charge in [0.25, 0.3) is 5.56 Å². The highest BCUT2D eigenvalue weighted by Crippen LogP contribution is 2.20. The van der Waals surface area contributed by atoms with E-state index in [1.165, 1.54) is 35.2 Å². The zero-order chi connectivity index (χ0) is 18.6. The SMILES string of the molecule is Cc1ccccc1CNc1nc(CCn2ncc3c2CCCC3)cc(=O)[nH]1. The topological polar surface area (TPSA) is 75.6 Å². The van der Waals surface area contributed by atoms with Crippen molar-refractivity contribution in [2.45, 2.75) is 52.1 Å². The van der Waals surface area contributed by atoms with E-state index in [9.17, 15) is 4.79 Å². The number of benzene rings is 1. The summed E-state index contributed by atoms with van der Waals surface area (Å²) in [5.74, 6) is 0.517. The second-order valence-corrected chi connectivity index (χ2v) is 7.16. The Morgan fingerprint density at radius 2 is 2.07 bits per heavy atom. The van der Waals surface area contributed by atoms with Crippen molar-refractivity contribution in [2.75, 3.05) is 5.32 Å². The van der Waals surface area contributed by atoms with Crippen molar-refractivity contribution in [1.29, 1.82) is 0 Å². The minimum atomic E-state index is -0.130. The molecule has 2 N–H and O–H groups in total. The molecule has 6 heteroatoms. The Balaban J connectivity index is 1.44. The minimum Gasteiger partial charge on any atom is -0.352 e. The van der Waals surface area contributed by atoms with E-state index in [0.29, 0.717) is 18.9 Å². The summed E-state index contributed by atoms with van der Waals surface area (Å²) in [4.78, 5) is 19.4. The molecule has 0 atom stereocenters. The Morgan fingerprint density at radius 3 is 2.96 bits per heavy atom. The van der Waals surface area contributed by atoms with Crippen molar-refractivity contribution in [3.8, 4) is 0 Å². The number of H-pyrrole nitrogens is 1. The van der Waals surface area contributed by atoms with E-state index in [1.54, 1.807) is 6.07 Å². The highest BCUT2D eigenvalue weighted by Gasteiger charge is 2.15. The molecule has 27 heavy (non-hydrogen) atoms. The number of aromatic amines is 1. The van der Waals surface area contributed by atoms with E-state index in [4.69, 9.17) is 0 Å². The highest BCUT2D eigenvalue weighted by atomic mass is 16.1. The van der Waals surface area contributed by atoms with Crippen LogP contribution in [0.4, 0.5) is 5.95 Å². The van der Waals surface area contributed by atoms with Gasteiger partial charge in [0.05, 0.1) is 11.9 Å². The first kappa shape index (κ1) is 17.5. The lowest BCUT2D eigenvalue weighted by atomic mass is 9.98. The number of nitrogens with zero attached hydrogens (tertiary/aromatic N) is 3. The molecule has 0 unspecified atom stereocenters. The smallest absolute Gasteiger partial charge is 0.252 e.